The molecular formula is C29H39F2N3O4. The van der Waals surface area contributed by atoms with E-state index in [2.05, 4.69) is 54.6 Å². The first-order chi connectivity index (χ1) is 18.2. The van der Waals surface area contributed by atoms with E-state index in [-0.39, 0.29) is 30.0 Å². The van der Waals surface area contributed by atoms with Gasteiger partial charge < -0.3 is 20.7 Å². The summed E-state index contributed by atoms with van der Waals surface area (Å²) in [6.45, 7) is 4.45. The Balaban J connectivity index is 0.000000252. The van der Waals surface area contributed by atoms with E-state index in [9.17, 15) is 23.8 Å². The number of likely N-dealkylation sites (N-methyl/N-ethyl adjacent to an activating group) is 1. The van der Waals surface area contributed by atoms with E-state index in [0.717, 1.165) is 25.0 Å². The zero-order chi connectivity index (χ0) is 28.2. The summed E-state index contributed by atoms with van der Waals surface area (Å²) in [7, 11) is 1.75. The third-order valence-corrected chi connectivity index (χ3v) is 6.75. The predicted octanol–water partition coefficient (Wildman–Crippen LogP) is 3.72. The van der Waals surface area contributed by atoms with Crippen LogP contribution in [0, 0.1) is 18.6 Å². The van der Waals surface area contributed by atoms with Gasteiger partial charge in [-0.2, -0.15) is 0 Å². The number of β-amino-alcohol motifs (C(OH)–C–C–N with tert-alkyl or cyclic N) is 1. The van der Waals surface area contributed by atoms with Crippen LogP contribution in [0.2, 0.25) is 0 Å². The normalized spacial score (nSPS) is 20.3. The first-order valence-corrected chi connectivity index (χ1v) is 12.6. The maximum absolute atomic E-state index is 13.4. The third-order valence-electron chi connectivity index (χ3n) is 6.75. The minimum Gasteiger partial charge on any atom is -0.392 e. The standard InChI is InChI=1S/C16H20O.C13H16F2N2O2.H3NO/c1-12-8-6-7-11-15(12)16(13(2)17)14-9-4-3-5-10-14;1-17-7-10(18)5-12(17)13(19)16-6-8-2-3-9(14)4-11(8)15;1-2/h3-4,6-9,11,13,16-17H,5,10H2,1-2H3;2-4,10,12,18H,5-7H2,1H3,(H,16,19);2H,1H2/t;10?,12-;/m.0./s1. The van der Waals surface area contributed by atoms with E-state index in [1.165, 1.54) is 22.8 Å². The lowest BCUT2D eigenvalue weighted by Crippen LogP contribution is -2.41. The fraction of sp³-hybridized carbons (Fsp3) is 0.414. The number of nitrogens with two attached hydrogens (primary N) is 1. The monoisotopic (exact) mass is 531 g/mol. The first-order valence-electron chi connectivity index (χ1n) is 12.6. The molecule has 6 N–H and O–H groups in total. The number of amides is 1. The Morgan fingerprint density at radius 2 is 1.92 bits per heavy atom. The largest absolute Gasteiger partial charge is 0.392 e. The highest BCUT2D eigenvalue weighted by atomic mass is 19.1. The number of benzene rings is 2. The van der Waals surface area contributed by atoms with Crippen molar-refractivity contribution < 1.29 is 29.0 Å². The molecule has 1 aliphatic heterocycles. The smallest absolute Gasteiger partial charge is 0.237 e. The highest BCUT2D eigenvalue weighted by Gasteiger charge is 2.33. The minimum absolute atomic E-state index is 0.00534. The van der Waals surface area contributed by atoms with Gasteiger partial charge in [-0.1, -0.05) is 54.1 Å². The highest BCUT2D eigenvalue weighted by molar-refractivity contribution is 5.82. The molecule has 2 aliphatic rings. The van der Waals surface area contributed by atoms with Crippen LogP contribution in [-0.4, -0.2) is 58.1 Å². The lowest BCUT2D eigenvalue weighted by Gasteiger charge is -2.26. The second-order valence-electron chi connectivity index (χ2n) is 9.58. The van der Waals surface area contributed by atoms with Gasteiger partial charge in [-0.25, -0.2) is 14.7 Å². The first kappa shape index (κ1) is 31.3. The lowest BCUT2D eigenvalue weighted by atomic mass is 9.81. The van der Waals surface area contributed by atoms with Crippen LogP contribution in [-0.2, 0) is 11.3 Å². The van der Waals surface area contributed by atoms with Crippen molar-refractivity contribution in [1.29, 1.82) is 0 Å². The third kappa shape index (κ3) is 8.82. The SMILES string of the molecule is CN1CC(O)C[C@H]1C(=O)NCc1ccc(F)cc1F.Cc1ccccc1C(C1=CC=CCC1)C(C)O.NO. The van der Waals surface area contributed by atoms with Gasteiger partial charge in [-0.3, -0.25) is 9.69 Å². The molecule has 9 heteroatoms. The Morgan fingerprint density at radius 3 is 2.47 bits per heavy atom. The molecular weight excluding hydrogens is 492 g/mol. The Kier molecular flexibility index (Phi) is 12.7. The van der Waals surface area contributed by atoms with Crippen molar-refractivity contribution in [3.63, 3.8) is 0 Å². The second kappa shape index (κ2) is 15.5. The summed E-state index contributed by atoms with van der Waals surface area (Å²) in [6.07, 6.45) is 8.10. The molecule has 0 radical (unpaired) electrons. The molecule has 1 aliphatic carbocycles. The van der Waals surface area contributed by atoms with E-state index in [0.29, 0.717) is 13.0 Å². The van der Waals surface area contributed by atoms with Crippen LogP contribution in [0.15, 0.2) is 66.3 Å². The molecule has 1 amide bonds. The summed E-state index contributed by atoms with van der Waals surface area (Å²) in [5, 5.41) is 28.6. The van der Waals surface area contributed by atoms with Gasteiger partial charge in [0.05, 0.1) is 18.2 Å². The predicted molar refractivity (Wildman–Crippen MR) is 143 cm³/mol. The van der Waals surface area contributed by atoms with Gasteiger partial charge in [-0.15, -0.1) is 0 Å². The molecule has 0 bridgehead atoms. The molecule has 38 heavy (non-hydrogen) atoms. The Bertz CT molecular complexity index is 1110. The molecule has 208 valence electrons. The fourth-order valence-corrected chi connectivity index (χ4v) is 4.83. The van der Waals surface area contributed by atoms with Crippen LogP contribution in [0.1, 0.15) is 48.8 Å². The lowest BCUT2D eigenvalue weighted by molar-refractivity contribution is -0.125. The Hall–Kier alpha value is -2.95. The number of aryl methyl sites for hydroxylation is 1. The van der Waals surface area contributed by atoms with E-state index in [1.807, 2.05) is 13.0 Å². The van der Waals surface area contributed by atoms with Gasteiger partial charge in [-0.05, 0) is 57.4 Å². The van der Waals surface area contributed by atoms with Crippen LogP contribution < -0.4 is 11.2 Å². The number of nitrogens with one attached hydrogen (secondary N) is 1. The topological polar surface area (TPSA) is 119 Å². The molecule has 0 spiro atoms. The summed E-state index contributed by atoms with van der Waals surface area (Å²) in [5.41, 5.74) is 4.09. The van der Waals surface area contributed by atoms with Crippen LogP contribution in [0.5, 0.6) is 0 Å². The number of carbonyl (C=O) groups is 1. The average Bonchev–Trinajstić information content (AvgIpc) is 3.24. The summed E-state index contributed by atoms with van der Waals surface area (Å²) in [6, 6.07) is 11.2. The second-order valence-corrected chi connectivity index (χ2v) is 9.58. The van der Waals surface area contributed by atoms with Crippen LogP contribution in [0.3, 0.4) is 0 Å². The van der Waals surface area contributed by atoms with Crippen molar-refractivity contribution in [3.05, 3.63) is 94.6 Å². The Labute approximate surface area is 223 Å². The maximum Gasteiger partial charge on any atom is 0.237 e. The summed E-state index contributed by atoms with van der Waals surface area (Å²) < 4.78 is 26.1. The number of hydrogen-bond donors (Lipinski definition) is 5. The number of likely N-dealkylation sites (tertiary alicyclic amines) is 1. The molecule has 2 aromatic carbocycles. The molecule has 0 saturated carbocycles. The van der Waals surface area contributed by atoms with Gasteiger partial charge in [0, 0.05) is 30.6 Å². The van der Waals surface area contributed by atoms with E-state index >= 15 is 0 Å². The molecule has 1 heterocycles. The van der Waals surface area contributed by atoms with Crippen LogP contribution in [0.4, 0.5) is 8.78 Å². The number of hydrogen-bond acceptors (Lipinski definition) is 6. The van der Waals surface area contributed by atoms with Gasteiger partial charge in [0.15, 0.2) is 0 Å². The molecule has 3 unspecified atom stereocenters. The molecule has 1 fully saturated rings. The number of carbonyl (C=O) groups excluding carboxylic acids is 1. The van der Waals surface area contributed by atoms with E-state index in [1.54, 1.807) is 11.9 Å². The van der Waals surface area contributed by atoms with Gasteiger partial charge in [0.2, 0.25) is 5.91 Å². The summed E-state index contributed by atoms with van der Waals surface area (Å²) in [5.74, 6) is 2.05. The number of allylic oxidation sites excluding steroid dienone is 3. The van der Waals surface area contributed by atoms with Crippen molar-refractivity contribution in [2.24, 2.45) is 5.90 Å². The quantitative estimate of drug-likeness (QED) is 0.363. The van der Waals surface area contributed by atoms with Crippen molar-refractivity contribution in [1.82, 2.24) is 10.2 Å². The molecule has 2 aromatic rings. The number of aliphatic hydroxyl groups excluding tert-OH is 2. The summed E-state index contributed by atoms with van der Waals surface area (Å²) in [4.78, 5) is 13.6. The average molecular weight is 532 g/mol. The van der Waals surface area contributed by atoms with Crippen molar-refractivity contribution in [2.75, 3.05) is 13.6 Å². The van der Waals surface area contributed by atoms with Gasteiger partial charge in [0.1, 0.15) is 11.6 Å². The molecule has 0 aromatic heterocycles. The fourth-order valence-electron chi connectivity index (χ4n) is 4.83. The van der Waals surface area contributed by atoms with Crippen molar-refractivity contribution in [3.8, 4) is 0 Å². The molecule has 7 nitrogen and oxygen atoms in total. The van der Waals surface area contributed by atoms with Crippen molar-refractivity contribution in [2.45, 2.75) is 63.8 Å². The summed E-state index contributed by atoms with van der Waals surface area (Å²) >= 11 is 0. The maximum atomic E-state index is 13.4. The number of aliphatic hydroxyl groups is 2. The van der Waals surface area contributed by atoms with Crippen LogP contribution in [0.25, 0.3) is 0 Å². The van der Waals surface area contributed by atoms with E-state index < -0.39 is 23.8 Å². The number of nitrogens with zero attached hydrogens (tertiary/aromatic N) is 1. The number of rotatable bonds is 6. The van der Waals surface area contributed by atoms with Gasteiger partial charge >= 0.3 is 0 Å². The van der Waals surface area contributed by atoms with Gasteiger partial charge in [0.25, 0.3) is 0 Å². The molecule has 4 rings (SSSR count). The minimum atomic E-state index is -0.680. The zero-order valence-electron chi connectivity index (χ0n) is 22.1. The molecule has 4 atom stereocenters. The van der Waals surface area contributed by atoms with Crippen LogP contribution >= 0.6 is 0 Å². The van der Waals surface area contributed by atoms with E-state index in [4.69, 9.17) is 5.21 Å². The Morgan fingerprint density at radius 1 is 1.21 bits per heavy atom. The number of halogens is 2. The zero-order valence-corrected chi connectivity index (χ0v) is 22.1. The highest BCUT2D eigenvalue weighted by Crippen LogP contribution is 2.34. The molecule has 1 saturated heterocycles. The van der Waals surface area contributed by atoms with Crippen molar-refractivity contribution >= 4 is 5.91 Å².